The van der Waals surface area contributed by atoms with Crippen molar-refractivity contribution >= 4 is 11.3 Å². The molecule has 2 heterocycles. The zero-order valence-corrected chi connectivity index (χ0v) is 13.2. The molecular weight excluding hydrogens is 268 g/mol. The van der Waals surface area contributed by atoms with Gasteiger partial charge in [0.2, 0.25) is 0 Å². The highest BCUT2D eigenvalue weighted by Gasteiger charge is 2.09. The van der Waals surface area contributed by atoms with Crippen LogP contribution in [0.5, 0.6) is 0 Å². The summed E-state index contributed by atoms with van der Waals surface area (Å²) in [4.78, 5) is 3.77. The molecule has 0 radical (unpaired) electrons. The topological polar surface area (TPSA) is 28.4 Å². The van der Waals surface area contributed by atoms with Gasteiger partial charge in [-0.1, -0.05) is 13.0 Å². The molecule has 0 aromatic carbocycles. The molecule has 0 atom stereocenters. The van der Waals surface area contributed by atoms with E-state index in [1.807, 2.05) is 11.3 Å². The van der Waals surface area contributed by atoms with E-state index in [1.165, 1.54) is 10.4 Å². The number of hydrogen-bond acceptors (Lipinski definition) is 4. The summed E-state index contributed by atoms with van der Waals surface area (Å²) in [5.74, 6) is 1.09. The Kier molecular flexibility index (Phi) is 6.30. The van der Waals surface area contributed by atoms with Crippen molar-refractivity contribution in [3.8, 4) is 0 Å². The van der Waals surface area contributed by atoms with Crippen LogP contribution in [0, 0.1) is 0 Å². The number of furan rings is 1. The van der Waals surface area contributed by atoms with Gasteiger partial charge in [0.05, 0.1) is 12.8 Å². The first kappa shape index (κ1) is 15.3. The molecule has 0 amide bonds. The lowest BCUT2D eigenvalue weighted by Gasteiger charge is -2.15. The highest BCUT2D eigenvalue weighted by atomic mass is 32.1. The van der Waals surface area contributed by atoms with Crippen molar-refractivity contribution in [2.75, 3.05) is 20.1 Å². The van der Waals surface area contributed by atoms with Gasteiger partial charge in [0.25, 0.3) is 0 Å². The van der Waals surface area contributed by atoms with E-state index in [2.05, 4.69) is 47.8 Å². The van der Waals surface area contributed by atoms with Crippen molar-refractivity contribution < 1.29 is 4.42 Å². The largest absolute Gasteiger partial charge is 0.468 e. The monoisotopic (exact) mass is 292 g/mol. The maximum absolute atomic E-state index is 5.62. The Morgan fingerprint density at radius 3 is 3.00 bits per heavy atom. The second kappa shape index (κ2) is 8.25. The normalized spacial score (nSPS) is 11.3. The molecule has 1 N–H and O–H groups in total. The molecule has 0 saturated carbocycles. The molecule has 0 aliphatic rings. The lowest BCUT2D eigenvalue weighted by Crippen LogP contribution is -2.22. The fraction of sp³-hybridized carbons (Fsp3) is 0.500. The zero-order chi connectivity index (χ0) is 14.2. The van der Waals surface area contributed by atoms with Gasteiger partial charge < -0.3 is 9.73 Å². The average Bonchev–Trinajstić information content (AvgIpc) is 3.09. The van der Waals surface area contributed by atoms with Crippen LogP contribution in [0.1, 0.15) is 29.5 Å². The van der Waals surface area contributed by atoms with Crippen LogP contribution in [0.3, 0.4) is 0 Å². The Balaban J connectivity index is 1.78. The van der Waals surface area contributed by atoms with Gasteiger partial charge in [-0.25, -0.2) is 0 Å². The average molecular weight is 292 g/mol. The highest BCUT2D eigenvalue weighted by molar-refractivity contribution is 7.09. The molecule has 0 unspecified atom stereocenters. The minimum absolute atomic E-state index is 0.877. The molecule has 20 heavy (non-hydrogen) atoms. The summed E-state index contributed by atoms with van der Waals surface area (Å²) < 4.78 is 5.62. The maximum atomic E-state index is 5.62. The van der Waals surface area contributed by atoms with Crippen LogP contribution in [0.4, 0.5) is 0 Å². The lowest BCUT2D eigenvalue weighted by molar-refractivity contribution is 0.297. The van der Waals surface area contributed by atoms with Gasteiger partial charge in [0.15, 0.2) is 0 Å². The van der Waals surface area contributed by atoms with Gasteiger partial charge in [0, 0.05) is 23.5 Å². The minimum Gasteiger partial charge on any atom is -0.468 e. The molecule has 0 saturated heterocycles. The molecule has 0 spiro atoms. The van der Waals surface area contributed by atoms with Crippen molar-refractivity contribution in [2.24, 2.45) is 0 Å². The second-order valence-corrected chi connectivity index (χ2v) is 6.15. The molecule has 2 rings (SSSR count). The molecule has 110 valence electrons. The first-order valence-electron chi connectivity index (χ1n) is 7.26. The predicted octanol–water partition coefficient (Wildman–Crippen LogP) is 3.52. The Morgan fingerprint density at radius 1 is 1.35 bits per heavy atom. The molecule has 2 aromatic rings. The number of rotatable bonds is 9. The molecule has 0 aliphatic heterocycles. The van der Waals surface area contributed by atoms with Crippen molar-refractivity contribution in [1.29, 1.82) is 0 Å². The van der Waals surface area contributed by atoms with Gasteiger partial charge in [-0.05, 0) is 43.9 Å². The van der Waals surface area contributed by atoms with Crippen LogP contribution >= 0.6 is 11.3 Å². The molecule has 0 fully saturated rings. The molecular formula is C16H24N2OS. The van der Waals surface area contributed by atoms with Gasteiger partial charge in [-0.2, -0.15) is 0 Å². The summed E-state index contributed by atoms with van der Waals surface area (Å²) in [7, 11) is 2.15. The zero-order valence-electron chi connectivity index (χ0n) is 12.4. The Morgan fingerprint density at radius 2 is 2.25 bits per heavy atom. The third-order valence-electron chi connectivity index (χ3n) is 3.31. The Bertz CT molecular complexity index is 478. The predicted molar refractivity (Wildman–Crippen MR) is 85.1 cm³/mol. The summed E-state index contributed by atoms with van der Waals surface area (Å²) in [6.45, 7) is 6.07. The van der Waals surface area contributed by atoms with Crippen LogP contribution in [0.15, 0.2) is 34.3 Å². The summed E-state index contributed by atoms with van der Waals surface area (Å²) in [6.07, 6.45) is 4.07. The second-order valence-electron chi connectivity index (χ2n) is 5.11. The highest BCUT2D eigenvalue weighted by Crippen LogP contribution is 2.14. The molecule has 4 heteroatoms. The van der Waals surface area contributed by atoms with Crippen molar-refractivity contribution in [1.82, 2.24) is 10.2 Å². The third-order valence-corrected chi connectivity index (χ3v) is 4.25. The van der Waals surface area contributed by atoms with Gasteiger partial charge >= 0.3 is 0 Å². The van der Waals surface area contributed by atoms with E-state index < -0.39 is 0 Å². The minimum atomic E-state index is 0.877. The fourth-order valence-electron chi connectivity index (χ4n) is 2.14. The van der Waals surface area contributed by atoms with E-state index in [9.17, 15) is 0 Å². The van der Waals surface area contributed by atoms with Crippen molar-refractivity contribution in [2.45, 2.75) is 32.9 Å². The quantitative estimate of drug-likeness (QED) is 0.717. The van der Waals surface area contributed by atoms with Crippen LogP contribution in [0.2, 0.25) is 0 Å². The first-order chi connectivity index (χ1) is 9.79. The molecule has 0 aliphatic carbocycles. The Labute approximate surface area is 125 Å². The number of likely N-dealkylation sites (N-methyl/N-ethyl adjacent to an activating group) is 1. The van der Waals surface area contributed by atoms with Gasteiger partial charge in [-0.3, -0.25) is 4.90 Å². The number of nitrogens with one attached hydrogen (secondary N) is 1. The van der Waals surface area contributed by atoms with E-state index >= 15 is 0 Å². The van der Waals surface area contributed by atoms with Crippen molar-refractivity contribution in [3.63, 3.8) is 0 Å². The van der Waals surface area contributed by atoms with Crippen LogP contribution < -0.4 is 5.32 Å². The number of hydrogen-bond donors (Lipinski definition) is 1. The summed E-state index contributed by atoms with van der Waals surface area (Å²) in [5, 5.41) is 5.57. The SMILES string of the molecule is CCCNCc1ccoc1CN(C)CCc1cccs1. The standard InChI is InChI=1S/C16H24N2OS/c1-3-8-17-12-14-7-10-19-16(14)13-18(2)9-6-15-5-4-11-20-15/h4-5,7,10-11,17H,3,6,8-9,12-13H2,1-2H3. The summed E-state index contributed by atoms with van der Waals surface area (Å²) in [5.41, 5.74) is 1.28. The van der Waals surface area contributed by atoms with E-state index in [1.54, 1.807) is 6.26 Å². The van der Waals surface area contributed by atoms with E-state index in [0.717, 1.165) is 44.8 Å². The fourth-order valence-corrected chi connectivity index (χ4v) is 2.84. The molecule has 0 bridgehead atoms. The number of nitrogens with zero attached hydrogens (tertiary/aromatic N) is 1. The molecule has 3 nitrogen and oxygen atoms in total. The van der Waals surface area contributed by atoms with Crippen LogP contribution in [-0.2, 0) is 19.5 Å². The van der Waals surface area contributed by atoms with Crippen LogP contribution in [-0.4, -0.2) is 25.0 Å². The molecule has 2 aromatic heterocycles. The van der Waals surface area contributed by atoms with E-state index in [0.29, 0.717) is 0 Å². The summed E-state index contributed by atoms with van der Waals surface area (Å²) >= 11 is 1.83. The number of thiophene rings is 1. The summed E-state index contributed by atoms with van der Waals surface area (Å²) in [6, 6.07) is 6.39. The van der Waals surface area contributed by atoms with E-state index in [-0.39, 0.29) is 0 Å². The third kappa shape index (κ3) is 4.78. The first-order valence-corrected chi connectivity index (χ1v) is 8.14. The van der Waals surface area contributed by atoms with E-state index in [4.69, 9.17) is 4.42 Å². The van der Waals surface area contributed by atoms with Crippen LogP contribution in [0.25, 0.3) is 0 Å². The smallest absolute Gasteiger partial charge is 0.122 e. The maximum Gasteiger partial charge on any atom is 0.122 e. The van der Waals surface area contributed by atoms with Gasteiger partial charge in [0.1, 0.15) is 5.76 Å². The Hall–Kier alpha value is -1.10. The van der Waals surface area contributed by atoms with Crippen molar-refractivity contribution in [3.05, 3.63) is 46.0 Å². The van der Waals surface area contributed by atoms with Gasteiger partial charge in [-0.15, -0.1) is 11.3 Å². The lowest BCUT2D eigenvalue weighted by atomic mass is 10.2.